The summed E-state index contributed by atoms with van der Waals surface area (Å²) in [6.07, 6.45) is 6.00. The molecule has 0 saturated heterocycles. The van der Waals surface area contributed by atoms with Gasteiger partial charge in [-0.15, -0.1) is 0 Å². The van der Waals surface area contributed by atoms with E-state index in [0.717, 1.165) is 0 Å². The molecule has 0 radical (unpaired) electrons. The molecule has 0 aliphatic heterocycles. The summed E-state index contributed by atoms with van der Waals surface area (Å²) in [5, 5.41) is 0. The standard InChI is InChI=1S/C8H5/c1-2-4-7(3-1)8-5-6-8/h1-3,5-6H/q+1. The van der Waals surface area contributed by atoms with Crippen LogP contribution in [0.5, 0.6) is 0 Å². The van der Waals surface area contributed by atoms with Crippen molar-refractivity contribution in [2.24, 2.45) is 0 Å². The molecule has 0 amide bonds. The van der Waals surface area contributed by atoms with E-state index in [4.69, 9.17) is 0 Å². The van der Waals surface area contributed by atoms with Gasteiger partial charge in [0.15, 0.2) is 5.56 Å². The molecule has 0 nitrogen and oxygen atoms in total. The monoisotopic (exact) mass is 101 g/mol. The van der Waals surface area contributed by atoms with Crippen molar-refractivity contribution in [1.82, 2.24) is 0 Å². The highest BCUT2D eigenvalue weighted by atomic mass is 14.0. The molecule has 0 aromatic heterocycles. The van der Waals surface area contributed by atoms with Crippen molar-refractivity contribution < 1.29 is 0 Å². The number of hydrogen-bond acceptors (Lipinski definition) is 0. The highest BCUT2D eigenvalue weighted by Gasteiger charge is 2.16. The van der Waals surface area contributed by atoms with Crippen molar-refractivity contribution >= 4 is 5.57 Å². The lowest BCUT2D eigenvalue weighted by atomic mass is 10.2. The lowest BCUT2D eigenvalue weighted by Gasteiger charge is -1.66. The third-order valence-electron chi connectivity index (χ3n) is 1.24. The van der Waals surface area contributed by atoms with Gasteiger partial charge in [-0.25, -0.2) is 0 Å². The predicted molar refractivity (Wildman–Crippen MR) is 33.9 cm³/mol. The summed E-state index contributed by atoms with van der Waals surface area (Å²) >= 11 is 0. The van der Waals surface area contributed by atoms with Crippen molar-refractivity contribution in [3.05, 3.63) is 41.7 Å². The fraction of sp³-hybridized carbons (Fsp3) is 0. The van der Waals surface area contributed by atoms with Gasteiger partial charge < -0.3 is 0 Å². The average Bonchev–Trinajstić information content (AvgIpc) is 2.49. The van der Waals surface area contributed by atoms with Crippen LogP contribution in [0.25, 0.3) is 5.57 Å². The Kier molecular flexibility index (Phi) is 0.563. The van der Waals surface area contributed by atoms with Crippen LogP contribution in [-0.2, 0) is 0 Å². The molecule has 0 unspecified atom stereocenters. The molecule has 0 fully saturated rings. The van der Waals surface area contributed by atoms with Crippen LogP contribution >= 0.6 is 0 Å². The summed E-state index contributed by atoms with van der Waals surface area (Å²) in [6.45, 7) is 0. The van der Waals surface area contributed by atoms with Crippen molar-refractivity contribution in [3.63, 3.8) is 0 Å². The molecule has 1 aromatic rings. The zero-order chi connectivity index (χ0) is 5.40. The van der Waals surface area contributed by atoms with Crippen molar-refractivity contribution in [2.45, 2.75) is 0 Å². The molecule has 1 aliphatic carbocycles. The molecular formula is C8H5+. The second-order valence-electron chi connectivity index (χ2n) is 1.87. The van der Waals surface area contributed by atoms with Crippen molar-refractivity contribution in [3.8, 4) is 0 Å². The predicted octanol–water partition coefficient (Wildman–Crippen LogP) is 1.95. The molecule has 1 aliphatic rings. The Balaban J connectivity index is 2.45. The summed E-state index contributed by atoms with van der Waals surface area (Å²) in [6, 6.07) is 4.18. The van der Waals surface area contributed by atoms with Gasteiger partial charge in [-0.2, -0.15) is 0 Å². The highest BCUT2D eigenvalue weighted by molar-refractivity contribution is 5.79. The number of rotatable bonds is 1. The molecule has 8 heavy (non-hydrogen) atoms. The van der Waals surface area contributed by atoms with E-state index in [9.17, 15) is 0 Å². The molecule has 0 N–H and O–H groups in total. The van der Waals surface area contributed by atoms with Gasteiger partial charge in [0.1, 0.15) is 17.7 Å². The van der Waals surface area contributed by atoms with Gasteiger partial charge in [0, 0.05) is 6.08 Å². The van der Waals surface area contributed by atoms with Gasteiger partial charge in [0.25, 0.3) is 0 Å². The van der Waals surface area contributed by atoms with E-state index in [1.807, 2.05) is 12.2 Å². The Morgan fingerprint density at radius 2 is 2.38 bits per heavy atom. The second-order valence-corrected chi connectivity index (χ2v) is 1.87. The molecule has 0 spiro atoms. The third-order valence-corrected chi connectivity index (χ3v) is 1.24. The fourth-order valence-corrected chi connectivity index (χ4v) is 0.731. The first kappa shape index (κ1) is 3.82. The smallest absolute Gasteiger partial charge is 0.0492 e. The Labute approximate surface area is 48.2 Å². The minimum Gasteiger partial charge on any atom is -0.0492 e. The molecule has 0 atom stereocenters. The molecule has 1 aromatic carbocycles. The fourth-order valence-electron chi connectivity index (χ4n) is 0.731. The topological polar surface area (TPSA) is 0 Å². The first-order valence-corrected chi connectivity index (χ1v) is 2.65. The van der Waals surface area contributed by atoms with Gasteiger partial charge in [-0.05, 0) is 17.9 Å². The van der Waals surface area contributed by atoms with E-state index >= 15 is 0 Å². The maximum Gasteiger partial charge on any atom is 0.188 e. The van der Waals surface area contributed by atoms with Gasteiger partial charge in [-0.1, -0.05) is 0 Å². The van der Waals surface area contributed by atoms with Crippen LogP contribution in [0.1, 0.15) is 5.56 Å². The van der Waals surface area contributed by atoms with Crippen LogP contribution < -0.4 is 0 Å². The Morgan fingerprint density at radius 1 is 1.50 bits per heavy atom. The molecule has 0 heterocycles. The van der Waals surface area contributed by atoms with Crippen LogP contribution in [0.3, 0.4) is 0 Å². The molecular weight excluding hydrogens is 96.1 g/mol. The first-order valence-electron chi connectivity index (χ1n) is 2.65. The lowest BCUT2D eigenvalue weighted by Crippen LogP contribution is -1.57. The second kappa shape index (κ2) is 1.18. The summed E-state index contributed by atoms with van der Waals surface area (Å²) in [5.74, 6) is 0. The Bertz CT molecular complexity index is 246. The quantitative estimate of drug-likeness (QED) is 0.374. The minimum absolute atomic E-state index is 1.23. The zero-order valence-electron chi connectivity index (χ0n) is 4.39. The minimum atomic E-state index is 1.23. The summed E-state index contributed by atoms with van der Waals surface area (Å²) in [5.41, 5.74) is 5.66. The van der Waals surface area contributed by atoms with E-state index in [1.54, 1.807) is 0 Å². The van der Waals surface area contributed by atoms with Crippen LogP contribution in [0.15, 0.2) is 36.1 Å². The molecule has 36 valence electrons. The molecule has 0 bridgehead atoms. The van der Waals surface area contributed by atoms with Gasteiger partial charge >= 0.3 is 0 Å². The number of allylic oxidation sites excluding steroid dienone is 3. The molecule has 0 heteroatoms. The largest absolute Gasteiger partial charge is 0.188 e. The normalized spacial score (nSPS) is 15.8. The maximum atomic E-state index is 3.10. The number of hydrogen-bond donors (Lipinski definition) is 0. The van der Waals surface area contributed by atoms with Gasteiger partial charge in [0.2, 0.25) is 0 Å². The van der Waals surface area contributed by atoms with Crippen LogP contribution in [0.4, 0.5) is 0 Å². The van der Waals surface area contributed by atoms with Crippen molar-refractivity contribution in [1.29, 1.82) is 0 Å². The summed E-state index contributed by atoms with van der Waals surface area (Å²) < 4.78 is 0. The highest BCUT2D eigenvalue weighted by Crippen LogP contribution is 2.21. The Morgan fingerprint density at radius 3 is 2.88 bits per heavy atom. The van der Waals surface area contributed by atoms with Crippen LogP contribution in [0, 0.1) is 0 Å². The van der Waals surface area contributed by atoms with Crippen molar-refractivity contribution in [2.75, 3.05) is 0 Å². The third kappa shape index (κ3) is 0.440. The molecule has 2 rings (SSSR count). The summed E-state index contributed by atoms with van der Waals surface area (Å²) in [7, 11) is 0. The zero-order valence-corrected chi connectivity index (χ0v) is 4.39. The van der Waals surface area contributed by atoms with E-state index < -0.39 is 0 Å². The molecule has 0 saturated carbocycles. The van der Waals surface area contributed by atoms with E-state index in [1.165, 1.54) is 11.1 Å². The van der Waals surface area contributed by atoms with Crippen LogP contribution in [0.2, 0.25) is 0 Å². The lowest BCUT2D eigenvalue weighted by molar-refractivity contribution is 2.00. The Hall–Kier alpha value is -1.13. The van der Waals surface area contributed by atoms with E-state index in [-0.39, 0.29) is 0 Å². The first-order chi connectivity index (χ1) is 3.97. The summed E-state index contributed by atoms with van der Waals surface area (Å²) in [4.78, 5) is 0. The van der Waals surface area contributed by atoms with Crippen LogP contribution in [-0.4, -0.2) is 0 Å². The average molecular weight is 101 g/mol. The van der Waals surface area contributed by atoms with Gasteiger partial charge in [-0.3, -0.25) is 0 Å². The SMILES string of the molecule is C1=CC=CC=1c1c[cH+]1. The van der Waals surface area contributed by atoms with E-state index in [0.29, 0.717) is 0 Å². The maximum absolute atomic E-state index is 3.10. The van der Waals surface area contributed by atoms with E-state index in [2.05, 4.69) is 23.9 Å². The van der Waals surface area contributed by atoms with Gasteiger partial charge in [0.05, 0.1) is 0 Å².